The van der Waals surface area contributed by atoms with Crippen molar-refractivity contribution in [3.8, 4) is 0 Å². The van der Waals surface area contributed by atoms with E-state index in [2.05, 4.69) is 15.7 Å². The Morgan fingerprint density at radius 3 is 2.81 bits per heavy atom. The lowest BCUT2D eigenvalue weighted by atomic mass is 9.90. The molecule has 2 N–H and O–H groups in total. The predicted octanol–water partition coefficient (Wildman–Crippen LogP) is 3.47. The van der Waals surface area contributed by atoms with E-state index in [4.69, 9.17) is 23.2 Å². The summed E-state index contributed by atoms with van der Waals surface area (Å²) in [4.78, 5) is 12.8. The largest absolute Gasteiger partial charge is 0.349 e. The van der Waals surface area contributed by atoms with Gasteiger partial charge in [-0.2, -0.15) is 5.10 Å². The molecule has 1 saturated heterocycles. The van der Waals surface area contributed by atoms with E-state index in [1.807, 2.05) is 13.2 Å². The van der Waals surface area contributed by atoms with Gasteiger partial charge in [-0.15, -0.1) is 12.4 Å². The Morgan fingerprint density at radius 2 is 2.15 bits per heavy atom. The fraction of sp³-hybridized carbons (Fsp3) is 0.412. The first-order chi connectivity index (χ1) is 11.9. The van der Waals surface area contributed by atoms with Gasteiger partial charge in [0, 0.05) is 42.8 Å². The summed E-state index contributed by atoms with van der Waals surface area (Å²) in [6.45, 7) is 3.02. The lowest BCUT2D eigenvalue weighted by Crippen LogP contribution is -2.36. The fourth-order valence-electron chi connectivity index (χ4n) is 3.27. The molecule has 2 heterocycles. The molecule has 0 saturated carbocycles. The van der Waals surface area contributed by atoms with Crippen molar-refractivity contribution in [2.75, 3.05) is 13.1 Å². The maximum atomic E-state index is 13.7. The molecule has 2 aromatic rings. The number of benzene rings is 1. The van der Waals surface area contributed by atoms with Gasteiger partial charge in [-0.25, -0.2) is 4.39 Å². The Labute approximate surface area is 167 Å². The summed E-state index contributed by atoms with van der Waals surface area (Å²) in [5.74, 6) is -0.877. The number of hydrogen-bond acceptors (Lipinski definition) is 3. The summed E-state index contributed by atoms with van der Waals surface area (Å²) in [5.41, 5.74) is 1.41. The van der Waals surface area contributed by atoms with Gasteiger partial charge in [-0.3, -0.25) is 9.48 Å². The molecule has 3 atom stereocenters. The molecular formula is C17H20Cl3FN4O. The van der Waals surface area contributed by atoms with Crippen molar-refractivity contribution < 1.29 is 9.18 Å². The highest BCUT2D eigenvalue weighted by Gasteiger charge is 2.35. The number of nitrogens with one attached hydrogen (secondary N) is 2. The van der Waals surface area contributed by atoms with Gasteiger partial charge in [0.25, 0.3) is 0 Å². The van der Waals surface area contributed by atoms with Gasteiger partial charge < -0.3 is 10.6 Å². The number of carbonyl (C=O) groups is 1. The molecular weight excluding hydrogens is 402 g/mol. The Kier molecular flexibility index (Phi) is 6.91. The third-order valence-corrected chi connectivity index (χ3v) is 5.29. The molecule has 1 aromatic carbocycles. The monoisotopic (exact) mass is 420 g/mol. The lowest BCUT2D eigenvalue weighted by Gasteiger charge is -2.22. The zero-order valence-corrected chi connectivity index (χ0v) is 16.6. The Bertz CT molecular complexity index is 798. The second-order valence-electron chi connectivity index (χ2n) is 6.31. The smallest absolute Gasteiger partial charge is 0.225 e. The Balaban J connectivity index is 0.00000243. The molecule has 1 aromatic heterocycles. The van der Waals surface area contributed by atoms with E-state index in [9.17, 15) is 9.18 Å². The summed E-state index contributed by atoms with van der Waals surface area (Å²) >= 11 is 12.2. The van der Waals surface area contributed by atoms with Crippen LogP contribution >= 0.6 is 35.6 Å². The van der Waals surface area contributed by atoms with E-state index in [1.54, 1.807) is 17.8 Å². The van der Waals surface area contributed by atoms with E-state index >= 15 is 0 Å². The number of carbonyl (C=O) groups excluding carboxylic acids is 1. The number of hydrogen-bond donors (Lipinski definition) is 2. The summed E-state index contributed by atoms with van der Waals surface area (Å²) in [5, 5.41) is 10.6. The first-order valence-corrected chi connectivity index (χ1v) is 8.77. The number of amides is 1. The summed E-state index contributed by atoms with van der Waals surface area (Å²) in [7, 11) is 1.84. The Morgan fingerprint density at radius 1 is 1.42 bits per heavy atom. The molecule has 0 spiro atoms. The van der Waals surface area contributed by atoms with Crippen LogP contribution in [0.25, 0.3) is 0 Å². The van der Waals surface area contributed by atoms with Crippen LogP contribution in [0.4, 0.5) is 4.39 Å². The topological polar surface area (TPSA) is 59.0 Å². The normalized spacial score (nSPS) is 20.5. The minimum absolute atomic E-state index is 0. The van der Waals surface area contributed by atoms with Crippen LogP contribution in [0.5, 0.6) is 0 Å². The summed E-state index contributed by atoms with van der Waals surface area (Å²) < 4.78 is 15.4. The number of nitrogens with zero attached hydrogens (tertiary/aromatic N) is 2. The van der Waals surface area contributed by atoms with Gasteiger partial charge in [0.05, 0.1) is 23.2 Å². The average molecular weight is 422 g/mol. The molecule has 1 fully saturated rings. The molecule has 142 valence electrons. The standard InChI is InChI=1S/C17H19Cl2FN4O.ClH/c1-9(15-13(18)3-4-14(20)16(15)19)23-17(25)12-7-21-6-11(12)10-5-22-24(2)8-10;/h3-5,8-9,11-12,21H,6-7H2,1-2H3,(H,23,25);1H/t9?,11-,12+;/m1./s1. The molecule has 26 heavy (non-hydrogen) atoms. The third kappa shape index (κ3) is 4.14. The van der Waals surface area contributed by atoms with Crippen molar-refractivity contribution in [1.82, 2.24) is 20.4 Å². The minimum atomic E-state index is -0.557. The summed E-state index contributed by atoms with van der Waals surface area (Å²) in [6, 6.07) is 2.15. The van der Waals surface area contributed by atoms with Crippen LogP contribution in [-0.2, 0) is 11.8 Å². The SMILES string of the molecule is CC(NC(=O)[C@H]1CNC[C@@H]1c1cnn(C)c1)c1c(Cl)ccc(F)c1Cl.Cl. The van der Waals surface area contributed by atoms with E-state index in [0.29, 0.717) is 23.7 Å². The van der Waals surface area contributed by atoms with Crippen LogP contribution in [0.2, 0.25) is 10.0 Å². The molecule has 9 heteroatoms. The highest BCUT2D eigenvalue weighted by Crippen LogP contribution is 2.33. The van der Waals surface area contributed by atoms with Gasteiger partial charge in [0.1, 0.15) is 5.82 Å². The molecule has 3 rings (SSSR count). The quantitative estimate of drug-likeness (QED) is 0.743. The summed E-state index contributed by atoms with van der Waals surface area (Å²) in [6.07, 6.45) is 3.70. The van der Waals surface area contributed by atoms with Crippen LogP contribution < -0.4 is 10.6 Å². The minimum Gasteiger partial charge on any atom is -0.349 e. The van der Waals surface area contributed by atoms with Crippen molar-refractivity contribution in [1.29, 1.82) is 0 Å². The molecule has 5 nitrogen and oxygen atoms in total. The third-order valence-electron chi connectivity index (χ3n) is 4.58. The van der Waals surface area contributed by atoms with Crippen LogP contribution in [0.1, 0.15) is 30.0 Å². The van der Waals surface area contributed by atoms with Crippen molar-refractivity contribution in [3.63, 3.8) is 0 Å². The van der Waals surface area contributed by atoms with E-state index in [-0.39, 0.29) is 35.2 Å². The number of halogens is 4. The van der Waals surface area contributed by atoms with Crippen LogP contribution in [0.15, 0.2) is 24.5 Å². The van der Waals surface area contributed by atoms with E-state index in [0.717, 1.165) is 5.56 Å². The fourth-order valence-corrected chi connectivity index (χ4v) is 3.97. The van der Waals surface area contributed by atoms with Gasteiger partial charge in [-0.05, 0) is 24.6 Å². The van der Waals surface area contributed by atoms with Crippen molar-refractivity contribution in [2.45, 2.75) is 18.9 Å². The van der Waals surface area contributed by atoms with Crippen LogP contribution in [0, 0.1) is 11.7 Å². The molecule has 1 unspecified atom stereocenters. The highest BCUT2D eigenvalue weighted by atomic mass is 35.5. The highest BCUT2D eigenvalue weighted by molar-refractivity contribution is 6.36. The van der Waals surface area contributed by atoms with E-state index < -0.39 is 11.9 Å². The van der Waals surface area contributed by atoms with Crippen LogP contribution in [-0.4, -0.2) is 28.8 Å². The number of rotatable bonds is 4. The first kappa shape index (κ1) is 21.0. The molecule has 0 radical (unpaired) electrons. The molecule has 1 aliphatic heterocycles. The zero-order chi connectivity index (χ0) is 18.1. The first-order valence-electron chi connectivity index (χ1n) is 8.01. The second kappa shape index (κ2) is 8.57. The molecule has 0 bridgehead atoms. The van der Waals surface area contributed by atoms with Crippen LogP contribution in [0.3, 0.4) is 0 Å². The molecule has 0 aliphatic carbocycles. The van der Waals surface area contributed by atoms with Gasteiger partial charge in [0.2, 0.25) is 5.91 Å². The second-order valence-corrected chi connectivity index (χ2v) is 7.09. The van der Waals surface area contributed by atoms with Gasteiger partial charge in [0.15, 0.2) is 0 Å². The average Bonchev–Trinajstić information content (AvgIpc) is 3.19. The van der Waals surface area contributed by atoms with E-state index in [1.165, 1.54) is 12.1 Å². The van der Waals surface area contributed by atoms with Gasteiger partial charge in [-0.1, -0.05) is 23.2 Å². The predicted molar refractivity (Wildman–Crippen MR) is 103 cm³/mol. The zero-order valence-electron chi connectivity index (χ0n) is 14.3. The van der Waals surface area contributed by atoms with Gasteiger partial charge >= 0.3 is 0 Å². The van der Waals surface area contributed by atoms with Crippen molar-refractivity contribution >= 4 is 41.5 Å². The maximum Gasteiger partial charge on any atom is 0.225 e. The number of aromatic nitrogens is 2. The Hall–Kier alpha value is -1.34. The van der Waals surface area contributed by atoms with Crippen molar-refractivity contribution in [3.05, 3.63) is 51.5 Å². The lowest BCUT2D eigenvalue weighted by molar-refractivity contribution is -0.125. The molecule has 1 amide bonds. The molecule has 1 aliphatic rings. The maximum absolute atomic E-state index is 13.7. The van der Waals surface area contributed by atoms with Crippen molar-refractivity contribution in [2.24, 2.45) is 13.0 Å². The number of aryl methyl sites for hydroxylation is 1.